The Morgan fingerprint density at radius 3 is 2.67 bits per heavy atom. The molecule has 0 aromatic carbocycles. The fraction of sp³-hybridized carbons (Fsp3) is 0.444. The third-order valence-electron chi connectivity index (χ3n) is 1.75. The molecule has 1 heterocycles. The molecule has 0 bridgehead atoms. The summed E-state index contributed by atoms with van der Waals surface area (Å²) in [5, 5.41) is 2.70. The van der Waals surface area contributed by atoms with Gasteiger partial charge < -0.3 is 16.0 Å². The molecule has 1 aromatic heterocycles. The summed E-state index contributed by atoms with van der Waals surface area (Å²) >= 11 is 0. The smallest absolute Gasteiger partial charge is 0.239 e. The first-order valence-electron chi connectivity index (χ1n) is 4.69. The number of hydrogen-bond donors (Lipinski definition) is 2. The molecule has 0 spiro atoms. The summed E-state index contributed by atoms with van der Waals surface area (Å²) in [4.78, 5) is 20.9. The van der Waals surface area contributed by atoms with Crippen LogP contribution in [0.1, 0.15) is 6.92 Å². The maximum atomic E-state index is 11.3. The Morgan fingerprint density at radius 2 is 2.13 bits per heavy atom. The fourth-order valence-corrected chi connectivity index (χ4v) is 1.07. The zero-order chi connectivity index (χ0) is 11.3. The van der Waals surface area contributed by atoms with E-state index in [4.69, 9.17) is 5.73 Å². The van der Waals surface area contributed by atoms with E-state index in [-0.39, 0.29) is 12.5 Å². The number of nitrogens with one attached hydrogen (secondary N) is 1. The highest BCUT2D eigenvalue weighted by Crippen LogP contribution is 2.04. The number of carbonyl (C=O) groups is 1. The van der Waals surface area contributed by atoms with Crippen molar-refractivity contribution < 1.29 is 4.79 Å². The molecular formula is C9H15N5O. The van der Waals surface area contributed by atoms with Crippen LogP contribution in [0.2, 0.25) is 0 Å². The molecule has 0 radical (unpaired) electrons. The number of amides is 1. The Bertz CT molecular complexity index is 324. The van der Waals surface area contributed by atoms with Gasteiger partial charge in [0.25, 0.3) is 0 Å². The Labute approximate surface area is 88.5 Å². The Balaban J connectivity index is 2.57. The molecular weight excluding hydrogens is 194 g/mol. The number of rotatable bonds is 4. The average Bonchev–Trinajstić information content (AvgIpc) is 2.18. The van der Waals surface area contributed by atoms with Crippen molar-refractivity contribution in [2.75, 3.05) is 30.8 Å². The van der Waals surface area contributed by atoms with Crippen LogP contribution in [0.5, 0.6) is 0 Å². The van der Waals surface area contributed by atoms with Gasteiger partial charge in [0, 0.05) is 13.6 Å². The Morgan fingerprint density at radius 1 is 1.53 bits per heavy atom. The van der Waals surface area contributed by atoms with Crippen LogP contribution in [0.3, 0.4) is 0 Å². The topological polar surface area (TPSA) is 84.1 Å². The number of nitrogens with zero attached hydrogens (tertiary/aromatic N) is 3. The molecule has 0 saturated heterocycles. The highest BCUT2D eigenvalue weighted by atomic mass is 16.2. The van der Waals surface area contributed by atoms with Crippen molar-refractivity contribution in [2.24, 2.45) is 0 Å². The zero-order valence-corrected chi connectivity index (χ0v) is 8.90. The van der Waals surface area contributed by atoms with E-state index in [0.717, 1.165) is 0 Å². The maximum Gasteiger partial charge on any atom is 0.239 e. The van der Waals surface area contributed by atoms with E-state index >= 15 is 0 Å². The summed E-state index contributed by atoms with van der Waals surface area (Å²) < 4.78 is 0. The molecule has 0 aliphatic heterocycles. The van der Waals surface area contributed by atoms with Crippen LogP contribution in [0, 0.1) is 0 Å². The summed E-state index contributed by atoms with van der Waals surface area (Å²) in [6, 6.07) is 0. The molecule has 82 valence electrons. The molecule has 0 aliphatic carbocycles. The Kier molecular flexibility index (Phi) is 3.84. The van der Waals surface area contributed by atoms with Crippen LogP contribution in [0.4, 0.5) is 11.6 Å². The van der Waals surface area contributed by atoms with Gasteiger partial charge in [-0.3, -0.25) is 4.79 Å². The number of hydrogen-bond acceptors (Lipinski definition) is 5. The van der Waals surface area contributed by atoms with Gasteiger partial charge in [-0.05, 0) is 6.92 Å². The molecule has 0 atom stereocenters. The lowest BCUT2D eigenvalue weighted by atomic mass is 10.5. The number of aromatic nitrogens is 2. The van der Waals surface area contributed by atoms with Gasteiger partial charge in [0.2, 0.25) is 11.9 Å². The molecule has 6 heteroatoms. The number of likely N-dealkylation sites (N-methyl/N-ethyl adjacent to an activating group) is 2. The van der Waals surface area contributed by atoms with Crippen LogP contribution in [-0.2, 0) is 4.79 Å². The molecule has 1 rings (SSSR count). The number of carbonyl (C=O) groups excluding carboxylic acids is 1. The second-order valence-corrected chi connectivity index (χ2v) is 3.13. The van der Waals surface area contributed by atoms with Crippen LogP contribution in [0.15, 0.2) is 12.4 Å². The van der Waals surface area contributed by atoms with Crippen LogP contribution in [-0.4, -0.2) is 36.0 Å². The van der Waals surface area contributed by atoms with Crippen molar-refractivity contribution >= 4 is 17.5 Å². The predicted octanol–water partition coefficient (Wildman–Crippen LogP) is -0.369. The molecule has 6 nitrogen and oxygen atoms in total. The summed E-state index contributed by atoms with van der Waals surface area (Å²) in [6.07, 6.45) is 3.02. The second-order valence-electron chi connectivity index (χ2n) is 3.13. The van der Waals surface area contributed by atoms with E-state index in [1.165, 1.54) is 12.4 Å². The highest BCUT2D eigenvalue weighted by Gasteiger charge is 2.08. The summed E-state index contributed by atoms with van der Waals surface area (Å²) in [5.41, 5.74) is 5.96. The number of nitrogens with two attached hydrogens (primary N) is 1. The Hall–Kier alpha value is -1.85. The van der Waals surface area contributed by atoms with E-state index < -0.39 is 0 Å². The third kappa shape index (κ3) is 3.41. The van der Waals surface area contributed by atoms with Crippen molar-refractivity contribution in [2.45, 2.75) is 6.92 Å². The SMILES string of the molecule is CCNC(=O)CN(C)c1ncc(N)cn1. The van der Waals surface area contributed by atoms with Gasteiger partial charge >= 0.3 is 0 Å². The van der Waals surface area contributed by atoms with Gasteiger partial charge in [0.15, 0.2) is 0 Å². The number of nitrogen functional groups attached to an aromatic ring is 1. The summed E-state index contributed by atoms with van der Waals surface area (Å²) in [6.45, 7) is 2.73. The minimum absolute atomic E-state index is 0.0552. The van der Waals surface area contributed by atoms with E-state index in [0.29, 0.717) is 18.2 Å². The normalized spacial score (nSPS) is 9.73. The van der Waals surface area contributed by atoms with E-state index in [9.17, 15) is 4.79 Å². The van der Waals surface area contributed by atoms with Crippen LogP contribution >= 0.6 is 0 Å². The summed E-state index contributed by atoms with van der Waals surface area (Å²) in [5.74, 6) is 0.427. The minimum atomic E-state index is -0.0552. The standard InChI is InChI=1S/C9H15N5O/c1-3-11-8(15)6-14(2)9-12-4-7(10)5-13-9/h4-5H,3,6,10H2,1-2H3,(H,11,15). The molecule has 0 fully saturated rings. The first-order chi connectivity index (χ1) is 7.13. The lowest BCUT2D eigenvalue weighted by Crippen LogP contribution is -2.35. The van der Waals surface area contributed by atoms with Crippen molar-refractivity contribution in [3.05, 3.63) is 12.4 Å². The van der Waals surface area contributed by atoms with E-state index in [1.54, 1.807) is 11.9 Å². The maximum absolute atomic E-state index is 11.3. The second kappa shape index (κ2) is 5.14. The molecule has 15 heavy (non-hydrogen) atoms. The minimum Gasteiger partial charge on any atom is -0.396 e. The molecule has 0 unspecified atom stereocenters. The average molecular weight is 209 g/mol. The predicted molar refractivity (Wildman–Crippen MR) is 58.4 cm³/mol. The quantitative estimate of drug-likeness (QED) is 0.707. The molecule has 3 N–H and O–H groups in total. The van der Waals surface area contributed by atoms with Crippen molar-refractivity contribution in [1.82, 2.24) is 15.3 Å². The lowest BCUT2D eigenvalue weighted by molar-refractivity contribution is -0.119. The van der Waals surface area contributed by atoms with Gasteiger partial charge in [-0.25, -0.2) is 9.97 Å². The van der Waals surface area contributed by atoms with Crippen molar-refractivity contribution in [3.63, 3.8) is 0 Å². The van der Waals surface area contributed by atoms with Crippen LogP contribution in [0.25, 0.3) is 0 Å². The highest BCUT2D eigenvalue weighted by molar-refractivity contribution is 5.80. The lowest BCUT2D eigenvalue weighted by Gasteiger charge is -2.15. The number of anilines is 2. The first-order valence-corrected chi connectivity index (χ1v) is 4.69. The molecule has 1 aromatic rings. The largest absolute Gasteiger partial charge is 0.396 e. The van der Waals surface area contributed by atoms with Crippen molar-refractivity contribution in [3.8, 4) is 0 Å². The first kappa shape index (κ1) is 11.2. The van der Waals surface area contributed by atoms with Gasteiger partial charge in [-0.1, -0.05) is 0 Å². The summed E-state index contributed by atoms with van der Waals surface area (Å²) in [7, 11) is 1.75. The van der Waals surface area contributed by atoms with Gasteiger partial charge in [-0.15, -0.1) is 0 Å². The molecule has 0 saturated carbocycles. The third-order valence-corrected chi connectivity index (χ3v) is 1.75. The van der Waals surface area contributed by atoms with Crippen LogP contribution < -0.4 is 16.0 Å². The van der Waals surface area contributed by atoms with Crippen molar-refractivity contribution in [1.29, 1.82) is 0 Å². The fourth-order valence-electron chi connectivity index (χ4n) is 1.07. The van der Waals surface area contributed by atoms with E-state index in [2.05, 4.69) is 15.3 Å². The van der Waals surface area contributed by atoms with Gasteiger partial charge in [0.05, 0.1) is 24.6 Å². The molecule has 0 aliphatic rings. The molecule has 1 amide bonds. The monoisotopic (exact) mass is 209 g/mol. The zero-order valence-electron chi connectivity index (χ0n) is 8.90. The van der Waals surface area contributed by atoms with Gasteiger partial charge in [-0.2, -0.15) is 0 Å². The van der Waals surface area contributed by atoms with E-state index in [1.807, 2.05) is 6.92 Å². The van der Waals surface area contributed by atoms with Gasteiger partial charge in [0.1, 0.15) is 0 Å².